The minimum absolute atomic E-state index is 0.0602. The Morgan fingerprint density at radius 3 is 2.70 bits per heavy atom. The van der Waals surface area contributed by atoms with Crippen LogP contribution in [-0.2, 0) is 11.2 Å². The molecule has 0 saturated carbocycles. The van der Waals surface area contributed by atoms with Crippen molar-refractivity contribution in [2.45, 2.75) is 20.3 Å². The maximum atomic E-state index is 11.6. The Bertz CT molecular complexity index is 709. The molecule has 1 aliphatic heterocycles. The number of hydrogen-bond donors (Lipinski definition) is 0. The van der Waals surface area contributed by atoms with E-state index in [0.717, 1.165) is 42.4 Å². The van der Waals surface area contributed by atoms with Crippen LogP contribution < -0.4 is 4.90 Å². The van der Waals surface area contributed by atoms with Crippen LogP contribution in [-0.4, -0.2) is 42.1 Å². The van der Waals surface area contributed by atoms with Crippen molar-refractivity contribution in [1.82, 2.24) is 9.97 Å². The van der Waals surface area contributed by atoms with Crippen LogP contribution in [0.4, 0.5) is 5.95 Å². The normalized spacial score (nSPS) is 14.8. The monoisotopic (exact) mass is 311 g/mol. The van der Waals surface area contributed by atoms with Crippen LogP contribution in [0.25, 0.3) is 11.3 Å². The number of rotatable bonds is 4. The Labute approximate surface area is 136 Å². The van der Waals surface area contributed by atoms with E-state index in [1.54, 1.807) is 6.92 Å². The van der Waals surface area contributed by atoms with Gasteiger partial charge in [-0.15, -0.1) is 0 Å². The van der Waals surface area contributed by atoms with E-state index in [0.29, 0.717) is 18.8 Å². The number of hydrogen-bond acceptors (Lipinski definition) is 5. The lowest BCUT2D eigenvalue weighted by Gasteiger charge is -2.27. The number of carbonyl (C=O) groups is 1. The summed E-state index contributed by atoms with van der Waals surface area (Å²) in [7, 11) is 0. The topological polar surface area (TPSA) is 55.3 Å². The number of ketones is 1. The molecule has 1 aromatic heterocycles. The highest BCUT2D eigenvalue weighted by atomic mass is 16.5. The van der Waals surface area contributed by atoms with Gasteiger partial charge >= 0.3 is 0 Å². The number of morpholine rings is 1. The molecule has 2 heterocycles. The number of Topliss-reactive ketones (excluding diaryl/α,β-unsaturated/α-hetero) is 1. The third kappa shape index (κ3) is 3.56. The first-order valence-corrected chi connectivity index (χ1v) is 7.99. The number of nitrogens with zero attached hydrogens (tertiary/aromatic N) is 3. The zero-order valence-electron chi connectivity index (χ0n) is 13.6. The maximum absolute atomic E-state index is 11.6. The van der Waals surface area contributed by atoms with E-state index in [9.17, 15) is 4.79 Å². The van der Waals surface area contributed by atoms with Crippen molar-refractivity contribution in [3.63, 3.8) is 0 Å². The highest BCUT2D eigenvalue weighted by Crippen LogP contribution is 2.23. The lowest BCUT2D eigenvalue weighted by atomic mass is 10.0. The van der Waals surface area contributed by atoms with E-state index in [4.69, 9.17) is 9.72 Å². The van der Waals surface area contributed by atoms with Crippen molar-refractivity contribution in [1.29, 1.82) is 0 Å². The number of benzene rings is 1. The van der Waals surface area contributed by atoms with E-state index in [1.165, 1.54) is 0 Å². The molecule has 5 heteroatoms. The van der Waals surface area contributed by atoms with Gasteiger partial charge in [0.2, 0.25) is 5.95 Å². The second kappa shape index (κ2) is 6.87. The first-order valence-electron chi connectivity index (χ1n) is 7.99. The van der Waals surface area contributed by atoms with Crippen molar-refractivity contribution < 1.29 is 9.53 Å². The summed E-state index contributed by atoms with van der Waals surface area (Å²) < 4.78 is 5.40. The Morgan fingerprint density at radius 1 is 1.22 bits per heavy atom. The maximum Gasteiger partial charge on any atom is 0.226 e. The van der Waals surface area contributed by atoms with Gasteiger partial charge < -0.3 is 9.64 Å². The zero-order valence-corrected chi connectivity index (χ0v) is 13.6. The quantitative estimate of drug-likeness (QED) is 0.813. The van der Waals surface area contributed by atoms with Gasteiger partial charge in [-0.05, 0) is 25.5 Å². The SMILES string of the molecule is CCc1cc(-c2cccc(C(C)=O)c2)nc(N2CCOCC2)n1. The molecule has 0 radical (unpaired) electrons. The van der Waals surface area contributed by atoms with Crippen molar-refractivity contribution in [2.24, 2.45) is 0 Å². The smallest absolute Gasteiger partial charge is 0.226 e. The largest absolute Gasteiger partial charge is 0.378 e. The van der Waals surface area contributed by atoms with Gasteiger partial charge in [-0.25, -0.2) is 9.97 Å². The fourth-order valence-corrected chi connectivity index (χ4v) is 2.61. The molecule has 23 heavy (non-hydrogen) atoms. The van der Waals surface area contributed by atoms with Gasteiger partial charge in [0, 0.05) is 29.9 Å². The van der Waals surface area contributed by atoms with Crippen LogP contribution in [0.1, 0.15) is 29.9 Å². The molecule has 0 spiro atoms. The fraction of sp³-hybridized carbons (Fsp3) is 0.389. The van der Waals surface area contributed by atoms with Gasteiger partial charge in [0.15, 0.2) is 5.78 Å². The van der Waals surface area contributed by atoms with Gasteiger partial charge in [-0.2, -0.15) is 0 Å². The lowest BCUT2D eigenvalue weighted by Crippen LogP contribution is -2.37. The molecule has 120 valence electrons. The minimum Gasteiger partial charge on any atom is -0.378 e. The van der Waals surface area contributed by atoms with E-state index in [-0.39, 0.29) is 5.78 Å². The average molecular weight is 311 g/mol. The third-order valence-corrected chi connectivity index (χ3v) is 3.99. The van der Waals surface area contributed by atoms with E-state index in [1.807, 2.05) is 30.3 Å². The van der Waals surface area contributed by atoms with Crippen LogP contribution in [0.3, 0.4) is 0 Å². The van der Waals surface area contributed by atoms with E-state index in [2.05, 4.69) is 16.8 Å². The molecular weight excluding hydrogens is 290 g/mol. The fourth-order valence-electron chi connectivity index (χ4n) is 2.61. The molecule has 0 bridgehead atoms. The van der Waals surface area contributed by atoms with Gasteiger partial charge in [0.1, 0.15) is 0 Å². The summed E-state index contributed by atoms with van der Waals surface area (Å²) >= 11 is 0. The van der Waals surface area contributed by atoms with Gasteiger partial charge in [-0.3, -0.25) is 4.79 Å². The van der Waals surface area contributed by atoms with Crippen LogP contribution in [0.15, 0.2) is 30.3 Å². The summed E-state index contributed by atoms with van der Waals surface area (Å²) in [5.74, 6) is 0.806. The van der Waals surface area contributed by atoms with Crippen molar-refractivity contribution >= 4 is 11.7 Å². The van der Waals surface area contributed by atoms with Crippen LogP contribution in [0.5, 0.6) is 0 Å². The van der Waals surface area contributed by atoms with Gasteiger partial charge in [0.25, 0.3) is 0 Å². The molecule has 0 N–H and O–H groups in total. The molecule has 1 aliphatic rings. The second-order valence-electron chi connectivity index (χ2n) is 5.63. The molecule has 5 nitrogen and oxygen atoms in total. The Hall–Kier alpha value is -2.27. The Morgan fingerprint density at radius 2 is 2.00 bits per heavy atom. The number of aryl methyl sites for hydroxylation is 1. The van der Waals surface area contributed by atoms with Crippen molar-refractivity contribution in [2.75, 3.05) is 31.2 Å². The summed E-state index contributed by atoms with van der Waals surface area (Å²) in [6.07, 6.45) is 0.846. The molecule has 1 saturated heterocycles. The van der Waals surface area contributed by atoms with Crippen LogP contribution in [0.2, 0.25) is 0 Å². The zero-order chi connectivity index (χ0) is 16.2. The van der Waals surface area contributed by atoms with E-state index < -0.39 is 0 Å². The lowest BCUT2D eigenvalue weighted by molar-refractivity contribution is 0.101. The molecule has 0 atom stereocenters. The van der Waals surface area contributed by atoms with Crippen molar-refractivity contribution in [3.05, 3.63) is 41.6 Å². The molecule has 1 aromatic carbocycles. The number of aromatic nitrogens is 2. The summed E-state index contributed by atoms with van der Waals surface area (Å²) in [5.41, 5.74) is 3.52. The second-order valence-corrected chi connectivity index (χ2v) is 5.63. The Kier molecular flexibility index (Phi) is 4.67. The van der Waals surface area contributed by atoms with Gasteiger partial charge in [0.05, 0.1) is 18.9 Å². The summed E-state index contributed by atoms with van der Waals surface area (Å²) in [6.45, 7) is 6.68. The molecule has 3 rings (SSSR count). The highest BCUT2D eigenvalue weighted by Gasteiger charge is 2.16. The Balaban J connectivity index is 2.01. The number of carbonyl (C=O) groups excluding carboxylic acids is 1. The van der Waals surface area contributed by atoms with Crippen LogP contribution in [0, 0.1) is 0 Å². The molecule has 0 unspecified atom stereocenters. The molecule has 0 aliphatic carbocycles. The molecule has 0 amide bonds. The first kappa shape index (κ1) is 15.6. The minimum atomic E-state index is 0.0602. The summed E-state index contributed by atoms with van der Waals surface area (Å²) in [4.78, 5) is 23.1. The third-order valence-electron chi connectivity index (χ3n) is 3.99. The molecule has 2 aromatic rings. The number of ether oxygens (including phenoxy) is 1. The predicted octanol–water partition coefficient (Wildman–Crippen LogP) is 2.75. The van der Waals surface area contributed by atoms with Gasteiger partial charge in [-0.1, -0.05) is 25.1 Å². The molecule has 1 fully saturated rings. The average Bonchev–Trinajstić information content (AvgIpc) is 2.62. The standard InChI is InChI=1S/C18H21N3O2/c1-3-16-12-17(15-6-4-5-14(11-15)13(2)22)20-18(19-16)21-7-9-23-10-8-21/h4-6,11-12H,3,7-10H2,1-2H3. The summed E-state index contributed by atoms with van der Waals surface area (Å²) in [5, 5.41) is 0. The van der Waals surface area contributed by atoms with Crippen LogP contribution >= 0.6 is 0 Å². The van der Waals surface area contributed by atoms with E-state index >= 15 is 0 Å². The first-order chi connectivity index (χ1) is 11.2. The summed E-state index contributed by atoms with van der Waals surface area (Å²) in [6, 6.07) is 9.61. The molecular formula is C18H21N3O2. The predicted molar refractivity (Wildman–Crippen MR) is 89.9 cm³/mol. The number of anilines is 1. The van der Waals surface area contributed by atoms with Crippen molar-refractivity contribution in [3.8, 4) is 11.3 Å². The highest BCUT2D eigenvalue weighted by molar-refractivity contribution is 5.95.